The number of sulfone groups is 1. The van der Waals surface area contributed by atoms with Crippen LogP contribution in [0.15, 0.2) is 18.2 Å². The molecular formula is C12H14Cl2O3S. The lowest BCUT2D eigenvalue weighted by atomic mass is 10.2. The van der Waals surface area contributed by atoms with E-state index < -0.39 is 9.84 Å². The minimum absolute atomic E-state index is 0.0241. The van der Waals surface area contributed by atoms with Crippen molar-refractivity contribution < 1.29 is 13.2 Å². The Balaban J connectivity index is 2.04. The summed E-state index contributed by atoms with van der Waals surface area (Å²) in [6.07, 6.45) is 1.60. The first-order valence-electron chi connectivity index (χ1n) is 5.72. The Morgan fingerprint density at radius 1 is 1.28 bits per heavy atom. The number of ether oxygens (including phenoxy) is 1. The number of halogens is 2. The van der Waals surface area contributed by atoms with E-state index in [0.29, 0.717) is 22.2 Å². The van der Waals surface area contributed by atoms with Crippen LogP contribution in [0, 0.1) is 0 Å². The fraction of sp³-hybridized carbons (Fsp3) is 0.500. The normalized spacial score (nSPS) is 20.2. The van der Waals surface area contributed by atoms with Crippen molar-refractivity contribution in [3.05, 3.63) is 33.8 Å². The molecule has 1 heterocycles. The van der Waals surface area contributed by atoms with E-state index in [1.807, 2.05) is 0 Å². The van der Waals surface area contributed by atoms with Gasteiger partial charge in [-0.1, -0.05) is 29.3 Å². The summed E-state index contributed by atoms with van der Waals surface area (Å²) >= 11 is 11.6. The van der Waals surface area contributed by atoms with Gasteiger partial charge in [0.1, 0.15) is 0 Å². The highest BCUT2D eigenvalue weighted by Gasteiger charge is 2.23. The Hall–Kier alpha value is -0.290. The van der Waals surface area contributed by atoms with Crippen molar-refractivity contribution in [1.29, 1.82) is 0 Å². The Labute approximate surface area is 117 Å². The summed E-state index contributed by atoms with van der Waals surface area (Å²) in [5.74, 6) is 0.0526. The second-order valence-corrected chi connectivity index (χ2v) is 7.36. The van der Waals surface area contributed by atoms with Crippen molar-refractivity contribution >= 4 is 33.0 Å². The Morgan fingerprint density at radius 3 is 2.67 bits per heavy atom. The second-order valence-electron chi connectivity index (χ2n) is 4.44. The molecule has 0 radical (unpaired) electrons. The highest BCUT2D eigenvalue weighted by atomic mass is 35.5. The lowest BCUT2D eigenvalue weighted by Crippen LogP contribution is -2.21. The molecule has 0 bridgehead atoms. The summed E-state index contributed by atoms with van der Waals surface area (Å²) in [6.45, 7) is 0.660. The first kappa shape index (κ1) is 14.1. The first-order valence-corrected chi connectivity index (χ1v) is 8.30. The zero-order valence-electron chi connectivity index (χ0n) is 9.73. The molecule has 1 saturated heterocycles. The maximum absolute atomic E-state index is 12.0. The van der Waals surface area contributed by atoms with Crippen molar-refractivity contribution in [1.82, 2.24) is 0 Å². The van der Waals surface area contributed by atoms with Gasteiger partial charge in [-0.05, 0) is 30.5 Å². The van der Waals surface area contributed by atoms with Gasteiger partial charge in [-0.25, -0.2) is 8.42 Å². The molecule has 1 aromatic rings. The quantitative estimate of drug-likeness (QED) is 0.858. The smallest absolute Gasteiger partial charge is 0.156 e. The van der Waals surface area contributed by atoms with E-state index in [1.165, 1.54) is 0 Å². The van der Waals surface area contributed by atoms with Gasteiger partial charge in [0.15, 0.2) is 9.84 Å². The molecule has 6 heteroatoms. The molecule has 0 aromatic heterocycles. The number of hydrogen-bond acceptors (Lipinski definition) is 3. The predicted molar refractivity (Wildman–Crippen MR) is 72.9 cm³/mol. The number of hydrogen-bond donors (Lipinski definition) is 0. The third-order valence-electron chi connectivity index (χ3n) is 2.83. The van der Waals surface area contributed by atoms with Gasteiger partial charge < -0.3 is 4.74 Å². The van der Waals surface area contributed by atoms with E-state index in [1.54, 1.807) is 18.2 Å². The molecule has 0 spiro atoms. The van der Waals surface area contributed by atoms with Gasteiger partial charge in [0.25, 0.3) is 0 Å². The van der Waals surface area contributed by atoms with Crippen molar-refractivity contribution in [2.75, 3.05) is 12.4 Å². The molecule has 1 aliphatic rings. The monoisotopic (exact) mass is 308 g/mol. The molecule has 1 fully saturated rings. The molecule has 0 saturated carbocycles. The average Bonchev–Trinajstić information content (AvgIpc) is 2.75. The van der Waals surface area contributed by atoms with Crippen molar-refractivity contribution in [3.63, 3.8) is 0 Å². The van der Waals surface area contributed by atoms with Gasteiger partial charge >= 0.3 is 0 Å². The van der Waals surface area contributed by atoms with Crippen LogP contribution >= 0.6 is 23.2 Å². The van der Waals surface area contributed by atoms with E-state index in [9.17, 15) is 8.42 Å². The summed E-state index contributed by atoms with van der Waals surface area (Å²) in [7, 11) is -3.17. The minimum atomic E-state index is -3.17. The fourth-order valence-corrected chi connectivity index (χ4v) is 3.96. The predicted octanol–water partition coefficient (Wildman–Crippen LogP) is 3.09. The van der Waals surface area contributed by atoms with Crippen molar-refractivity contribution in [2.45, 2.75) is 24.7 Å². The van der Waals surface area contributed by atoms with Gasteiger partial charge in [0.05, 0.1) is 27.7 Å². The van der Waals surface area contributed by atoms with Crippen LogP contribution in [-0.4, -0.2) is 26.9 Å². The largest absolute Gasteiger partial charge is 0.377 e. The van der Waals surface area contributed by atoms with Gasteiger partial charge in [-0.3, -0.25) is 0 Å². The first-order chi connectivity index (χ1) is 8.46. The highest BCUT2D eigenvalue weighted by molar-refractivity contribution is 7.90. The summed E-state index contributed by atoms with van der Waals surface area (Å²) in [6, 6.07) is 4.89. The Morgan fingerprint density at radius 2 is 2.06 bits per heavy atom. The molecule has 1 unspecified atom stereocenters. The summed E-state index contributed by atoms with van der Waals surface area (Å²) in [5, 5.41) is 0.804. The zero-order chi connectivity index (χ0) is 13.2. The maximum Gasteiger partial charge on any atom is 0.156 e. The highest BCUT2D eigenvalue weighted by Crippen LogP contribution is 2.24. The average molecular weight is 309 g/mol. The number of benzene rings is 1. The van der Waals surface area contributed by atoms with Crippen LogP contribution in [0.3, 0.4) is 0 Å². The SMILES string of the molecule is O=S(=O)(Cc1ccc(Cl)c(Cl)c1)CC1CCCO1. The van der Waals surface area contributed by atoms with Crippen molar-refractivity contribution in [2.24, 2.45) is 0 Å². The summed E-state index contributed by atoms with van der Waals surface area (Å²) in [5.41, 5.74) is 0.655. The van der Waals surface area contributed by atoms with Crippen LogP contribution in [0.4, 0.5) is 0 Å². The van der Waals surface area contributed by atoms with Crippen LogP contribution in [0.2, 0.25) is 10.0 Å². The molecule has 3 nitrogen and oxygen atoms in total. The topological polar surface area (TPSA) is 43.4 Å². The molecule has 0 N–H and O–H groups in total. The van der Waals surface area contributed by atoms with E-state index in [0.717, 1.165) is 12.8 Å². The summed E-state index contributed by atoms with van der Waals surface area (Å²) in [4.78, 5) is 0. The van der Waals surface area contributed by atoms with Crippen LogP contribution < -0.4 is 0 Å². The summed E-state index contributed by atoms with van der Waals surface area (Å²) < 4.78 is 29.3. The second kappa shape index (κ2) is 5.78. The van der Waals surface area contributed by atoms with Gasteiger partial charge in [-0.15, -0.1) is 0 Å². The third kappa shape index (κ3) is 3.85. The lowest BCUT2D eigenvalue weighted by Gasteiger charge is -2.10. The molecule has 1 atom stereocenters. The van der Waals surface area contributed by atoms with Crippen LogP contribution in [0.25, 0.3) is 0 Å². The molecular weight excluding hydrogens is 295 g/mol. The van der Waals surface area contributed by atoms with E-state index in [2.05, 4.69) is 0 Å². The van der Waals surface area contributed by atoms with Gasteiger partial charge in [0.2, 0.25) is 0 Å². The zero-order valence-corrected chi connectivity index (χ0v) is 12.1. The van der Waals surface area contributed by atoms with Crippen LogP contribution in [-0.2, 0) is 20.3 Å². The van der Waals surface area contributed by atoms with E-state index in [4.69, 9.17) is 27.9 Å². The van der Waals surface area contributed by atoms with E-state index in [-0.39, 0.29) is 17.6 Å². The van der Waals surface area contributed by atoms with Gasteiger partial charge in [-0.2, -0.15) is 0 Å². The fourth-order valence-electron chi connectivity index (χ4n) is 2.00. The number of rotatable bonds is 4. The lowest BCUT2D eigenvalue weighted by molar-refractivity contribution is 0.127. The molecule has 0 amide bonds. The molecule has 2 rings (SSSR count). The Kier molecular flexibility index (Phi) is 4.54. The van der Waals surface area contributed by atoms with Crippen LogP contribution in [0.5, 0.6) is 0 Å². The van der Waals surface area contributed by atoms with E-state index >= 15 is 0 Å². The molecule has 0 aliphatic carbocycles. The minimum Gasteiger partial charge on any atom is -0.377 e. The standard InChI is InChI=1S/C12H14Cl2O3S/c13-11-4-3-9(6-12(11)14)7-18(15,16)8-10-2-1-5-17-10/h3-4,6,10H,1-2,5,7-8H2. The maximum atomic E-state index is 12.0. The van der Waals surface area contributed by atoms with Crippen molar-refractivity contribution in [3.8, 4) is 0 Å². The molecule has 1 aliphatic heterocycles. The van der Waals surface area contributed by atoms with Crippen LogP contribution in [0.1, 0.15) is 18.4 Å². The van der Waals surface area contributed by atoms with Gasteiger partial charge in [0, 0.05) is 6.61 Å². The third-order valence-corrected chi connectivity index (χ3v) is 5.23. The molecule has 18 heavy (non-hydrogen) atoms. The Bertz CT molecular complexity index is 522. The molecule has 1 aromatic carbocycles. The molecule has 100 valence electrons.